The van der Waals surface area contributed by atoms with Gasteiger partial charge in [0.25, 0.3) is 11.8 Å². The smallest absolute Gasteiger partial charge is 0.262 e. The van der Waals surface area contributed by atoms with E-state index in [1.807, 2.05) is 24.3 Å². The third kappa shape index (κ3) is 4.94. The van der Waals surface area contributed by atoms with E-state index >= 15 is 0 Å². The number of nitrogens with one attached hydrogen (secondary N) is 3. The van der Waals surface area contributed by atoms with Gasteiger partial charge < -0.3 is 25.1 Å². The molecular weight excluding hydrogens is 526 g/mol. The highest BCUT2D eigenvalue weighted by Crippen LogP contribution is 2.39. The predicted octanol–water partition coefficient (Wildman–Crippen LogP) is 4.21. The summed E-state index contributed by atoms with van der Waals surface area (Å²) in [5.74, 6) is 0.904. The van der Waals surface area contributed by atoms with Crippen LogP contribution in [0.4, 0.5) is 5.69 Å². The summed E-state index contributed by atoms with van der Waals surface area (Å²) < 4.78 is 11.9. The summed E-state index contributed by atoms with van der Waals surface area (Å²) in [5, 5.41) is 5.63. The Morgan fingerprint density at radius 3 is 2.78 bits per heavy atom. The molecule has 0 spiro atoms. The number of benzene rings is 2. The summed E-state index contributed by atoms with van der Waals surface area (Å²) in [6, 6.07) is 16.3. The maximum absolute atomic E-state index is 12.3. The largest absolute Gasteiger partial charge is 0.493 e. The second-order valence-corrected chi connectivity index (χ2v) is 8.89. The van der Waals surface area contributed by atoms with Crippen LogP contribution in [0, 0.1) is 0 Å². The average molecular weight is 548 g/mol. The van der Waals surface area contributed by atoms with E-state index in [1.54, 1.807) is 36.5 Å². The molecule has 0 aliphatic carbocycles. The standard InChI is InChI=1S/C26H22BrN5O4/c1-35-22-12-15(11-18(27)24(22)36-14-23(33)30-16-5-3-2-4-6-16)25-28-9-8-20(32-25)21-13-17-19(31-21)7-10-29-26(17)34/h2-6,8-9,11-13,31H,7,10,14H2,1H3,(H,29,34)(H,30,33). The van der Waals surface area contributed by atoms with Crippen molar-refractivity contribution >= 4 is 33.4 Å². The highest BCUT2D eigenvalue weighted by molar-refractivity contribution is 9.10. The van der Waals surface area contributed by atoms with E-state index in [9.17, 15) is 9.59 Å². The number of hydrogen-bond donors (Lipinski definition) is 3. The Hall–Kier alpha value is -4.18. The summed E-state index contributed by atoms with van der Waals surface area (Å²) >= 11 is 3.52. The summed E-state index contributed by atoms with van der Waals surface area (Å²) in [7, 11) is 1.52. The second kappa shape index (κ2) is 10.2. The van der Waals surface area contributed by atoms with E-state index < -0.39 is 0 Å². The van der Waals surface area contributed by atoms with Gasteiger partial charge in [0.15, 0.2) is 23.9 Å². The number of carbonyl (C=O) groups is 2. The van der Waals surface area contributed by atoms with Crippen LogP contribution < -0.4 is 20.1 Å². The molecule has 3 heterocycles. The van der Waals surface area contributed by atoms with Crippen LogP contribution >= 0.6 is 15.9 Å². The molecule has 5 rings (SSSR count). The monoisotopic (exact) mass is 547 g/mol. The normalized spacial score (nSPS) is 12.4. The van der Waals surface area contributed by atoms with Gasteiger partial charge in [-0.2, -0.15) is 0 Å². The van der Waals surface area contributed by atoms with Crippen LogP contribution in [-0.4, -0.2) is 47.0 Å². The lowest BCUT2D eigenvalue weighted by Crippen LogP contribution is -2.31. The number of anilines is 1. The minimum Gasteiger partial charge on any atom is -0.493 e. The molecule has 1 aliphatic heterocycles. The average Bonchev–Trinajstić information content (AvgIpc) is 3.34. The molecule has 9 nitrogen and oxygen atoms in total. The van der Waals surface area contributed by atoms with E-state index in [2.05, 4.69) is 36.5 Å². The number of aromatic nitrogens is 3. The fourth-order valence-electron chi connectivity index (χ4n) is 3.92. The molecule has 0 saturated carbocycles. The first-order valence-corrected chi connectivity index (χ1v) is 12.0. The highest BCUT2D eigenvalue weighted by Gasteiger charge is 2.21. The molecule has 182 valence electrons. The number of amides is 2. The fraction of sp³-hybridized carbons (Fsp3) is 0.154. The Kier molecular flexibility index (Phi) is 6.68. The van der Waals surface area contributed by atoms with Crippen molar-refractivity contribution in [3.05, 3.63) is 76.5 Å². The van der Waals surface area contributed by atoms with Gasteiger partial charge in [0.1, 0.15) is 0 Å². The highest BCUT2D eigenvalue weighted by atomic mass is 79.9. The first kappa shape index (κ1) is 23.6. The summed E-state index contributed by atoms with van der Waals surface area (Å²) in [6.07, 6.45) is 2.41. The SMILES string of the molecule is COc1cc(-c2nccc(-c3cc4c([nH]3)CCNC4=O)n2)cc(Br)c1OCC(=O)Nc1ccccc1. The van der Waals surface area contributed by atoms with Crippen molar-refractivity contribution in [1.29, 1.82) is 0 Å². The Balaban J connectivity index is 1.37. The van der Waals surface area contributed by atoms with Crippen LogP contribution in [-0.2, 0) is 11.2 Å². The van der Waals surface area contributed by atoms with Gasteiger partial charge in [-0.05, 0) is 52.3 Å². The van der Waals surface area contributed by atoms with E-state index in [0.717, 1.165) is 17.8 Å². The van der Waals surface area contributed by atoms with Crippen LogP contribution in [0.5, 0.6) is 11.5 Å². The van der Waals surface area contributed by atoms with E-state index in [-0.39, 0.29) is 18.4 Å². The van der Waals surface area contributed by atoms with Crippen molar-refractivity contribution in [2.75, 3.05) is 25.6 Å². The number of hydrogen-bond acceptors (Lipinski definition) is 6. The van der Waals surface area contributed by atoms with Crippen LogP contribution in [0.25, 0.3) is 22.8 Å². The van der Waals surface area contributed by atoms with Crippen molar-refractivity contribution in [2.45, 2.75) is 6.42 Å². The zero-order valence-electron chi connectivity index (χ0n) is 19.3. The molecule has 2 aromatic carbocycles. The Labute approximate surface area is 215 Å². The van der Waals surface area contributed by atoms with Gasteiger partial charge in [-0.1, -0.05) is 18.2 Å². The van der Waals surface area contributed by atoms with Crippen molar-refractivity contribution in [3.8, 4) is 34.3 Å². The number of nitrogens with zero attached hydrogens (tertiary/aromatic N) is 2. The number of methoxy groups -OCH3 is 1. The van der Waals surface area contributed by atoms with Gasteiger partial charge >= 0.3 is 0 Å². The number of para-hydroxylation sites is 1. The minimum atomic E-state index is -0.294. The zero-order valence-corrected chi connectivity index (χ0v) is 20.9. The molecule has 3 N–H and O–H groups in total. The number of ether oxygens (including phenoxy) is 2. The number of fused-ring (bicyclic) bond motifs is 1. The molecular formula is C26H22BrN5O4. The lowest BCUT2D eigenvalue weighted by atomic mass is 10.1. The van der Waals surface area contributed by atoms with Gasteiger partial charge in [-0.3, -0.25) is 9.59 Å². The van der Waals surface area contributed by atoms with Gasteiger partial charge in [0.05, 0.1) is 28.5 Å². The predicted molar refractivity (Wildman–Crippen MR) is 138 cm³/mol. The summed E-state index contributed by atoms with van der Waals surface area (Å²) in [5.41, 5.74) is 4.32. The number of rotatable bonds is 7. The third-order valence-corrected chi connectivity index (χ3v) is 6.22. The summed E-state index contributed by atoms with van der Waals surface area (Å²) in [6.45, 7) is 0.414. The lowest BCUT2D eigenvalue weighted by molar-refractivity contribution is -0.118. The van der Waals surface area contributed by atoms with Gasteiger partial charge in [-0.15, -0.1) is 0 Å². The van der Waals surface area contributed by atoms with E-state index in [4.69, 9.17) is 14.5 Å². The minimum absolute atomic E-state index is 0.0882. The molecule has 0 fully saturated rings. The van der Waals surface area contributed by atoms with Crippen molar-refractivity contribution in [1.82, 2.24) is 20.3 Å². The molecule has 10 heteroatoms. The first-order valence-electron chi connectivity index (χ1n) is 11.2. The van der Waals surface area contributed by atoms with Crippen LogP contribution in [0.15, 0.2) is 65.3 Å². The lowest BCUT2D eigenvalue weighted by Gasteiger charge is -2.14. The molecule has 2 aromatic heterocycles. The molecule has 0 unspecified atom stereocenters. The van der Waals surface area contributed by atoms with Crippen molar-refractivity contribution < 1.29 is 19.1 Å². The quantitative estimate of drug-likeness (QED) is 0.319. The molecule has 0 radical (unpaired) electrons. The molecule has 2 amide bonds. The third-order valence-electron chi connectivity index (χ3n) is 5.63. The van der Waals surface area contributed by atoms with Gasteiger partial charge in [0.2, 0.25) is 0 Å². The van der Waals surface area contributed by atoms with Crippen LogP contribution in [0.1, 0.15) is 16.1 Å². The summed E-state index contributed by atoms with van der Waals surface area (Å²) in [4.78, 5) is 36.8. The maximum atomic E-state index is 12.3. The topological polar surface area (TPSA) is 118 Å². The van der Waals surface area contributed by atoms with Crippen LogP contribution in [0.2, 0.25) is 0 Å². The molecule has 1 aliphatic rings. The number of H-pyrrole nitrogens is 1. The van der Waals surface area contributed by atoms with Gasteiger partial charge in [-0.25, -0.2) is 9.97 Å². The molecule has 0 bridgehead atoms. The van der Waals surface area contributed by atoms with Gasteiger partial charge in [0, 0.05) is 36.1 Å². The fourth-order valence-corrected chi connectivity index (χ4v) is 4.48. The van der Waals surface area contributed by atoms with Crippen molar-refractivity contribution in [3.63, 3.8) is 0 Å². The molecule has 0 atom stereocenters. The molecule has 0 saturated heterocycles. The molecule has 36 heavy (non-hydrogen) atoms. The maximum Gasteiger partial charge on any atom is 0.262 e. The Morgan fingerprint density at radius 1 is 1.17 bits per heavy atom. The van der Waals surface area contributed by atoms with E-state index in [1.165, 1.54) is 7.11 Å². The van der Waals surface area contributed by atoms with Crippen LogP contribution in [0.3, 0.4) is 0 Å². The molecule has 4 aromatic rings. The van der Waals surface area contributed by atoms with Crippen molar-refractivity contribution in [2.24, 2.45) is 0 Å². The second-order valence-electron chi connectivity index (χ2n) is 8.04. The number of carbonyl (C=O) groups excluding carboxylic acids is 2. The number of aromatic amines is 1. The number of halogens is 1. The Morgan fingerprint density at radius 2 is 2.00 bits per heavy atom. The van der Waals surface area contributed by atoms with E-state index in [0.29, 0.717) is 50.8 Å². The first-order chi connectivity index (χ1) is 17.5. The zero-order chi connectivity index (χ0) is 25.1. The Bertz CT molecular complexity index is 1440.